The maximum atomic E-state index is 11.0. The number of hydrogen-bond acceptors (Lipinski definition) is 3. The van der Waals surface area contributed by atoms with Gasteiger partial charge in [0.05, 0.1) is 16.9 Å². The van der Waals surface area contributed by atoms with E-state index in [0.717, 1.165) is 5.69 Å². The number of carboxylic acids is 1. The van der Waals surface area contributed by atoms with Crippen molar-refractivity contribution >= 4 is 17.3 Å². The third-order valence-electron chi connectivity index (χ3n) is 3.58. The lowest BCUT2D eigenvalue weighted by Crippen LogP contribution is -2.31. The van der Waals surface area contributed by atoms with Crippen LogP contribution in [0.2, 0.25) is 0 Å². The van der Waals surface area contributed by atoms with Gasteiger partial charge in [-0.3, -0.25) is 0 Å². The summed E-state index contributed by atoms with van der Waals surface area (Å²) in [4.78, 5) is 11.0. The van der Waals surface area contributed by atoms with Gasteiger partial charge in [0.2, 0.25) is 0 Å². The average molecular weight is 234 g/mol. The molecule has 4 heteroatoms. The average Bonchev–Trinajstić information content (AvgIpc) is 2.18. The summed E-state index contributed by atoms with van der Waals surface area (Å²) in [5, 5.41) is 12.3. The molecule has 1 aliphatic carbocycles. The number of aromatic carboxylic acids is 1. The molecule has 1 saturated carbocycles. The second kappa shape index (κ2) is 4.65. The maximum Gasteiger partial charge on any atom is 0.337 e. The predicted molar refractivity (Wildman–Crippen MR) is 68.2 cm³/mol. The van der Waals surface area contributed by atoms with Crippen LogP contribution in [0.3, 0.4) is 0 Å². The minimum absolute atomic E-state index is 0.163. The lowest BCUT2D eigenvalue weighted by atomic mass is 9.80. The summed E-state index contributed by atoms with van der Waals surface area (Å²) in [6.45, 7) is 2.12. The van der Waals surface area contributed by atoms with Crippen LogP contribution in [0.4, 0.5) is 11.4 Å². The number of nitrogens with one attached hydrogen (secondary N) is 1. The van der Waals surface area contributed by atoms with E-state index in [9.17, 15) is 4.79 Å². The molecule has 1 aromatic rings. The van der Waals surface area contributed by atoms with Gasteiger partial charge in [-0.25, -0.2) is 4.79 Å². The van der Waals surface area contributed by atoms with E-state index in [0.29, 0.717) is 17.6 Å². The van der Waals surface area contributed by atoms with E-state index in [1.54, 1.807) is 6.07 Å². The summed E-state index contributed by atoms with van der Waals surface area (Å²) in [7, 11) is 0. The smallest absolute Gasteiger partial charge is 0.337 e. The van der Waals surface area contributed by atoms with Crippen molar-refractivity contribution in [1.29, 1.82) is 0 Å². The molecular formula is C13H18N2O2. The first-order chi connectivity index (χ1) is 8.09. The molecule has 0 heterocycles. The molecule has 1 unspecified atom stereocenters. The molecule has 4 N–H and O–H groups in total. The first kappa shape index (κ1) is 11.8. The zero-order valence-corrected chi connectivity index (χ0v) is 9.94. The highest BCUT2D eigenvalue weighted by Gasteiger charge is 2.24. The molecule has 0 amide bonds. The minimum Gasteiger partial charge on any atom is -0.478 e. The molecule has 1 aliphatic rings. The second-order valence-electron chi connectivity index (χ2n) is 4.70. The monoisotopic (exact) mass is 234 g/mol. The molecule has 0 saturated heterocycles. The normalized spacial score (nSPS) is 17.2. The Kier molecular flexibility index (Phi) is 3.22. The van der Waals surface area contributed by atoms with Crippen molar-refractivity contribution in [2.24, 2.45) is 5.92 Å². The first-order valence-corrected chi connectivity index (χ1v) is 5.98. The van der Waals surface area contributed by atoms with Crippen LogP contribution in [0.25, 0.3) is 0 Å². The van der Waals surface area contributed by atoms with Crippen molar-refractivity contribution < 1.29 is 9.90 Å². The second-order valence-corrected chi connectivity index (χ2v) is 4.70. The summed E-state index contributed by atoms with van der Waals surface area (Å²) < 4.78 is 0. The number of benzene rings is 1. The molecule has 0 aromatic heterocycles. The fourth-order valence-electron chi connectivity index (χ4n) is 2.18. The van der Waals surface area contributed by atoms with Crippen LogP contribution in [0.5, 0.6) is 0 Å². The van der Waals surface area contributed by atoms with Gasteiger partial charge >= 0.3 is 5.97 Å². The quantitative estimate of drug-likeness (QED) is 0.700. The molecule has 17 heavy (non-hydrogen) atoms. The van der Waals surface area contributed by atoms with Crippen LogP contribution in [-0.2, 0) is 0 Å². The summed E-state index contributed by atoms with van der Waals surface area (Å²) in [5.41, 5.74) is 7.06. The van der Waals surface area contributed by atoms with E-state index >= 15 is 0 Å². The first-order valence-electron chi connectivity index (χ1n) is 5.98. The van der Waals surface area contributed by atoms with Crippen molar-refractivity contribution in [3.63, 3.8) is 0 Å². The van der Waals surface area contributed by atoms with Crippen LogP contribution in [0.1, 0.15) is 36.5 Å². The van der Waals surface area contributed by atoms with E-state index in [-0.39, 0.29) is 5.56 Å². The van der Waals surface area contributed by atoms with Crippen molar-refractivity contribution in [2.75, 3.05) is 11.1 Å². The summed E-state index contributed by atoms with van der Waals surface area (Å²) in [5.74, 6) is -0.301. The third kappa shape index (κ3) is 2.35. The molecule has 1 fully saturated rings. The van der Waals surface area contributed by atoms with Crippen LogP contribution < -0.4 is 11.1 Å². The lowest BCUT2D eigenvalue weighted by molar-refractivity contribution is 0.0698. The number of carbonyl (C=O) groups is 1. The predicted octanol–water partition coefficient (Wildman–Crippen LogP) is 2.57. The van der Waals surface area contributed by atoms with Crippen molar-refractivity contribution in [2.45, 2.75) is 32.2 Å². The van der Waals surface area contributed by atoms with Crippen LogP contribution in [0.15, 0.2) is 18.2 Å². The Balaban J connectivity index is 2.15. The van der Waals surface area contributed by atoms with Crippen molar-refractivity contribution in [3.05, 3.63) is 23.8 Å². The van der Waals surface area contributed by atoms with E-state index in [2.05, 4.69) is 12.2 Å². The lowest BCUT2D eigenvalue weighted by Gasteiger charge is -2.32. The number of anilines is 2. The number of para-hydroxylation sites is 1. The molecule has 1 atom stereocenters. The Morgan fingerprint density at radius 1 is 1.53 bits per heavy atom. The standard InChI is InChI=1S/C13H18N2O2/c1-8(9-4-2-5-9)15-11-7-3-6-10(12(11)14)13(16)17/h3,6-9,15H,2,4-5,14H2,1H3,(H,16,17). The Labute approximate surface area is 101 Å². The molecule has 4 nitrogen and oxygen atoms in total. The Morgan fingerprint density at radius 2 is 2.24 bits per heavy atom. The highest BCUT2D eigenvalue weighted by molar-refractivity contribution is 5.97. The molecule has 0 radical (unpaired) electrons. The van der Waals surface area contributed by atoms with Gasteiger partial charge in [0.15, 0.2) is 0 Å². The highest BCUT2D eigenvalue weighted by Crippen LogP contribution is 2.32. The van der Waals surface area contributed by atoms with Crippen LogP contribution in [-0.4, -0.2) is 17.1 Å². The minimum atomic E-state index is -0.984. The van der Waals surface area contributed by atoms with Gasteiger partial charge in [-0.1, -0.05) is 12.5 Å². The van der Waals surface area contributed by atoms with Gasteiger partial charge in [-0.05, 0) is 37.8 Å². The molecular weight excluding hydrogens is 216 g/mol. The van der Waals surface area contributed by atoms with Gasteiger partial charge < -0.3 is 16.2 Å². The van der Waals surface area contributed by atoms with E-state index in [4.69, 9.17) is 10.8 Å². The third-order valence-corrected chi connectivity index (χ3v) is 3.58. The number of carboxylic acid groups (broad SMARTS) is 1. The summed E-state index contributed by atoms with van der Waals surface area (Å²) in [6.07, 6.45) is 3.78. The number of rotatable bonds is 4. The summed E-state index contributed by atoms with van der Waals surface area (Å²) >= 11 is 0. The summed E-state index contributed by atoms with van der Waals surface area (Å²) in [6, 6.07) is 5.42. The van der Waals surface area contributed by atoms with Crippen LogP contribution >= 0.6 is 0 Å². The molecule has 0 aliphatic heterocycles. The fourth-order valence-corrected chi connectivity index (χ4v) is 2.18. The topological polar surface area (TPSA) is 75.3 Å². The molecule has 1 aromatic carbocycles. The van der Waals surface area contributed by atoms with Gasteiger partial charge in [-0.2, -0.15) is 0 Å². The van der Waals surface area contributed by atoms with Crippen molar-refractivity contribution in [3.8, 4) is 0 Å². The molecule has 92 valence electrons. The van der Waals surface area contributed by atoms with Crippen molar-refractivity contribution in [1.82, 2.24) is 0 Å². The zero-order chi connectivity index (χ0) is 12.4. The highest BCUT2D eigenvalue weighted by atomic mass is 16.4. The maximum absolute atomic E-state index is 11.0. The van der Waals surface area contributed by atoms with Crippen LogP contribution in [0, 0.1) is 5.92 Å². The Bertz CT molecular complexity index is 427. The fraction of sp³-hybridized carbons (Fsp3) is 0.462. The number of nitrogen functional groups attached to an aromatic ring is 1. The van der Waals surface area contributed by atoms with Gasteiger partial charge in [0.1, 0.15) is 0 Å². The van der Waals surface area contributed by atoms with Gasteiger partial charge in [-0.15, -0.1) is 0 Å². The molecule has 2 rings (SSSR count). The van der Waals surface area contributed by atoms with E-state index in [1.807, 2.05) is 6.07 Å². The van der Waals surface area contributed by atoms with E-state index < -0.39 is 5.97 Å². The molecule has 0 bridgehead atoms. The van der Waals surface area contributed by atoms with Gasteiger partial charge in [0.25, 0.3) is 0 Å². The molecule has 0 spiro atoms. The Morgan fingerprint density at radius 3 is 2.76 bits per heavy atom. The number of nitrogens with two attached hydrogens (primary N) is 1. The van der Waals surface area contributed by atoms with Gasteiger partial charge in [0, 0.05) is 6.04 Å². The van der Waals surface area contributed by atoms with E-state index in [1.165, 1.54) is 25.3 Å². The Hall–Kier alpha value is -1.71. The zero-order valence-electron chi connectivity index (χ0n) is 9.94. The number of hydrogen-bond donors (Lipinski definition) is 3. The SMILES string of the molecule is CC(Nc1cccc(C(=O)O)c1N)C1CCC1. The largest absolute Gasteiger partial charge is 0.478 e.